The van der Waals surface area contributed by atoms with Crippen molar-refractivity contribution in [3.8, 4) is 17.1 Å². The smallest absolute Gasteiger partial charge is 0.159 e. The van der Waals surface area contributed by atoms with Crippen LogP contribution >= 0.6 is 11.6 Å². The number of hydrogen-bond donors (Lipinski definition) is 0. The third-order valence-corrected chi connectivity index (χ3v) is 5.84. The summed E-state index contributed by atoms with van der Waals surface area (Å²) in [6.45, 7) is 4.50. The molecule has 0 aliphatic carbocycles. The van der Waals surface area contributed by atoms with E-state index in [9.17, 15) is 0 Å². The van der Waals surface area contributed by atoms with Crippen molar-refractivity contribution in [1.29, 1.82) is 0 Å². The van der Waals surface area contributed by atoms with Gasteiger partial charge in [0, 0.05) is 61.3 Å². The van der Waals surface area contributed by atoms with Gasteiger partial charge in [-0.25, -0.2) is 14.6 Å². The fraction of sp³-hybridized carbons (Fsp3) is 0.217. The van der Waals surface area contributed by atoms with E-state index in [-0.39, 0.29) is 0 Å². The number of fused-ring (bicyclic) bond motifs is 1. The third-order valence-electron chi connectivity index (χ3n) is 5.46. The van der Waals surface area contributed by atoms with E-state index in [1.165, 1.54) is 5.56 Å². The van der Waals surface area contributed by atoms with Gasteiger partial charge >= 0.3 is 0 Å². The van der Waals surface area contributed by atoms with E-state index in [0.717, 1.165) is 60.1 Å². The van der Waals surface area contributed by atoms with Gasteiger partial charge in [-0.15, -0.1) is 0 Å². The first-order chi connectivity index (χ1) is 14.7. The van der Waals surface area contributed by atoms with Crippen molar-refractivity contribution >= 4 is 11.6 Å². The molecule has 0 N–H and O–H groups in total. The number of aryl methyl sites for hydroxylation is 1. The Hall–Kier alpha value is -3.09. The van der Waals surface area contributed by atoms with Crippen molar-refractivity contribution in [2.24, 2.45) is 0 Å². The molecule has 6 nitrogen and oxygen atoms in total. The lowest BCUT2D eigenvalue weighted by atomic mass is 10.1. The molecule has 0 fully saturated rings. The van der Waals surface area contributed by atoms with E-state index in [1.807, 2.05) is 60.3 Å². The summed E-state index contributed by atoms with van der Waals surface area (Å²) in [7, 11) is 0. The molecule has 3 aromatic heterocycles. The lowest BCUT2D eigenvalue weighted by Gasteiger charge is -2.28. The van der Waals surface area contributed by atoms with Crippen molar-refractivity contribution in [3.05, 3.63) is 88.7 Å². The Balaban J connectivity index is 1.36. The predicted octanol–water partition coefficient (Wildman–Crippen LogP) is 4.24. The minimum absolute atomic E-state index is 0.675. The minimum atomic E-state index is 0.675. The van der Waals surface area contributed by atoms with Crippen LogP contribution in [0.25, 0.3) is 17.1 Å². The molecule has 5 rings (SSSR count). The van der Waals surface area contributed by atoms with Crippen LogP contribution in [0.3, 0.4) is 0 Å². The highest BCUT2D eigenvalue weighted by molar-refractivity contribution is 6.30. The molecule has 0 saturated carbocycles. The Morgan fingerprint density at radius 1 is 1.07 bits per heavy atom. The zero-order chi connectivity index (χ0) is 20.5. The molecule has 0 unspecified atom stereocenters. The Labute approximate surface area is 180 Å². The van der Waals surface area contributed by atoms with E-state index >= 15 is 0 Å². The van der Waals surface area contributed by atoms with Gasteiger partial charge in [-0.1, -0.05) is 29.8 Å². The lowest BCUT2D eigenvalue weighted by molar-refractivity contribution is 0.242. The summed E-state index contributed by atoms with van der Waals surface area (Å²) in [6.07, 6.45) is 6.37. The Kier molecular flexibility index (Phi) is 5.02. The van der Waals surface area contributed by atoms with Gasteiger partial charge < -0.3 is 0 Å². The van der Waals surface area contributed by atoms with Crippen LogP contribution in [0.4, 0.5) is 0 Å². The van der Waals surface area contributed by atoms with Gasteiger partial charge in [-0.2, -0.15) is 5.10 Å². The predicted molar refractivity (Wildman–Crippen MR) is 116 cm³/mol. The molecule has 1 aliphatic rings. The van der Waals surface area contributed by atoms with Crippen LogP contribution in [-0.4, -0.2) is 36.2 Å². The normalized spacial score (nSPS) is 13.9. The van der Waals surface area contributed by atoms with Crippen molar-refractivity contribution < 1.29 is 0 Å². The SMILES string of the molecule is Cc1nn(-c2ccccc2)c(Cl)c1CN1CCc2nc(-c3ccncc3)ncc2C1. The maximum atomic E-state index is 6.72. The number of benzene rings is 1. The van der Waals surface area contributed by atoms with Gasteiger partial charge in [0.05, 0.1) is 17.1 Å². The number of nitrogens with zero attached hydrogens (tertiary/aromatic N) is 6. The summed E-state index contributed by atoms with van der Waals surface area (Å²) in [5.41, 5.74) is 6.28. The second-order valence-electron chi connectivity index (χ2n) is 7.46. The van der Waals surface area contributed by atoms with Gasteiger partial charge in [0.2, 0.25) is 0 Å². The first kappa shape index (κ1) is 18.9. The molecule has 4 heterocycles. The highest BCUT2D eigenvalue weighted by atomic mass is 35.5. The second kappa shape index (κ2) is 7.97. The average Bonchev–Trinajstić information content (AvgIpc) is 3.08. The van der Waals surface area contributed by atoms with E-state index in [0.29, 0.717) is 5.15 Å². The summed E-state index contributed by atoms with van der Waals surface area (Å²) < 4.78 is 1.81. The van der Waals surface area contributed by atoms with Crippen molar-refractivity contribution in [2.45, 2.75) is 26.4 Å². The van der Waals surface area contributed by atoms with Gasteiger partial charge in [0.15, 0.2) is 5.82 Å². The average molecular weight is 417 g/mol. The highest BCUT2D eigenvalue weighted by Gasteiger charge is 2.22. The van der Waals surface area contributed by atoms with E-state index < -0.39 is 0 Å². The van der Waals surface area contributed by atoms with Crippen LogP contribution in [0.1, 0.15) is 22.5 Å². The molecule has 0 amide bonds. The zero-order valence-corrected chi connectivity index (χ0v) is 17.4. The Bertz CT molecular complexity index is 1170. The number of para-hydroxylation sites is 1. The molecular weight excluding hydrogens is 396 g/mol. The molecule has 30 heavy (non-hydrogen) atoms. The first-order valence-electron chi connectivity index (χ1n) is 9.96. The maximum absolute atomic E-state index is 6.72. The summed E-state index contributed by atoms with van der Waals surface area (Å²) in [5.74, 6) is 0.757. The molecule has 0 spiro atoms. The van der Waals surface area contributed by atoms with E-state index in [2.05, 4.69) is 20.0 Å². The standard InChI is InChI=1S/C23H21ClN6/c1-16-20(22(24)30(28-16)19-5-3-2-4-6-19)15-29-12-9-21-18(14-29)13-26-23(27-21)17-7-10-25-11-8-17/h2-8,10-11,13H,9,12,14-15H2,1H3. The molecule has 0 atom stereocenters. The van der Waals surface area contributed by atoms with Gasteiger partial charge in [0.1, 0.15) is 5.15 Å². The van der Waals surface area contributed by atoms with Crippen molar-refractivity contribution in [3.63, 3.8) is 0 Å². The number of pyridine rings is 1. The van der Waals surface area contributed by atoms with Crippen LogP contribution in [0.5, 0.6) is 0 Å². The highest BCUT2D eigenvalue weighted by Crippen LogP contribution is 2.27. The molecule has 0 saturated heterocycles. The maximum Gasteiger partial charge on any atom is 0.159 e. The van der Waals surface area contributed by atoms with E-state index in [4.69, 9.17) is 16.6 Å². The van der Waals surface area contributed by atoms with Gasteiger partial charge in [0.25, 0.3) is 0 Å². The summed E-state index contributed by atoms with van der Waals surface area (Å²) in [4.78, 5) is 15.8. The Morgan fingerprint density at radius 3 is 2.67 bits per heavy atom. The summed E-state index contributed by atoms with van der Waals surface area (Å²) in [5, 5.41) is 5.34. The number of hydrogen-bond acceptors (Lipinski definition) is 5. The quantitative estimate of drug-likeness (QED) is 0.498. The van der Waals surface area contributed by atoms with Gasteiger partial charge in [-0.05, 0) is 31.2 Å². The molecule has 150 valence electrons. The van der Waals surface area contributed by atoms with Crippen LogP contribution in [-0.2, 0) is 19.5 Å². The van der Waals surface area contributed by atoms with Crippen LogP contribution in [0.2, 0.25) is 5.15 Å². The molecule has 0 radical (unpaired) electrons. The fourth-order valence-corrected chi connectivity index (χ4v) is 4.16. The number of halogens is 1. The largest absolute Gasteiger partial charge is 0.294 e. The van der Waals surface area contributed by atoms with Crippen LogP contribution < -0.4 is 0 Å². The number of aromatic nitrogens is 5. The molecule has 1 aromatic carbocycles. The summed E-state index contributed by atoms with van der Waals surface area (Å²) >= 11 is 6.72. The number of rotatable bonds is 4. The second-order valence-corrected chi connectivity index (χ2v) is 7.82. The molecule has 7 heteroatoms. The molecule has 0 bridgehead atoms. The lowest BCUT2D eigenvalue weighted by Crippen LogP contribution is -2.31. The topological polar surface area (TPSA) is 59.7 Å². The molecule has 4 aromatic rings. The van der Waals surface area contributed by atoms with Gasteiger partial charge in [-0.3, -0.25) is 9.88 Å². The molecular formula is C23H21ClN6. The van der Waals surface area contributed by atoms with Crippen molar-refractivity contribution in [1.82, 2.24) is 29.6 Å². The van der Waals surface area contributed by atoms with Crippen molar-refractivity contribution in [2.75, 3.05) is 6.54 Å². The monoisotopic (exact) mass is 416 g/mol. The fourth-order valence-electron chi connectivity index (χ4n) is 3.82. The third kappa shape index (κ3) is 3.60. The molecule has 1 aliphatic heterocycles. The minimum Gasteiger partial charge on any atom is -0.294 e. The first-order valence-corrected chi connectivity index (χ1v) is 10.3. The van der Waals surface area contributed by atoms with E-state index in [1.54, 1.807) is 12.4 Å². The van der Waals surface area contributed by atoms with Crippen LogP contribution in [0, 0.1) is 6.92 Å². The summed E-state index contributed by atoms with van der Waals surface area (Å²) in [6, 6.07) is 13.9. The zero-order valence-electron chi connectivity index (χ0n) is 16.7. The van der Waals surface area contributed by atoms with Crippen LogP contribution in [0.15, 0.2) is 61.1 Å². The Morgan fingerprint density at radius 2 is 1.87 bits per heavy atom.